The number of fused-ring (bicyclic) bond motifs is 1. The second kappa shape index (κ2) is 4.04. The summed E-state index contributed by atoms with van der Waals surface area (Å²) in [5, 5.41) is 0. The molecule has 4 rings (SSSR count). The first-order valence-electron chi connectivity index (χ1n) is 7.16. The number of rotatable bonds is 2. The molecule has 0 bridgehead atoms. The first-order valence-corrected chi connectivity index (χ1v) is 7.16. The van der Waals surface area contributed by atoms with E-state index < -0.39 is 0 Å². The molecule has 0 saturated heterocycles. The van der Waals surface area contributed by atoms with Gasteiger partial charge in [0.15, 0.2) is 5.82 Å². The molecule has 100 valence electrons. The van der Waals surface area contributed by atoms with Crippen molar-refractivity contribution in [1.29, 1.82) is 0 Å². The van der Waals surface area contributed by atoms with E-state index in [0.717, 1.165) is 30.6 Å². The third-order valence-corrected chi connectivity index (χ3v) is 4.45. The molecule has 3 nitrogen and oxygen atoms in total. The van der Waals surface area contributed by atoms with Crippen molar-refractivity contribution in [3.8, 4) is 0 Å². The highest BCUT2D eigenvalue weighted by molar-refractivity contribution is 5.77. The molecule has 2 fully saturated rings. The fourth-order valence-electron chi connectivity index (χ4n) is 3.36. The van der Waals surface area contributed by atoms with Crippen LogP contribution in [0.1, 0.15) is 49.9 Å². The van der Waals surface area contributed by atoms with Gasteiger partial charge in [-0.1, -0.05) is 6.07 Å². The van der Waals surface area contributed by atoms with Crippen LogP contribution >= 0.6 is 0 Å². The second-order valence-corrected chi connectivity index (χ2v) is 5.95. The summed E-state index contributed by atoms with van der Waals surface area (Å²) in [4.78, 5) is 4.62. The number of imidazole rings is 1. The van der Waals surface area contributed by atoms with Gasteiger partial charge in [0.25, 0.3) is 0 Å². The average molecular weight is 259 g/mol. The number of hydrogen-bond donors (Lipinski definition) is 1. The van der Waals surface area contributed by atoms with Crippen molar-refractivity contribution in [3.63, 3.8) is 0 Å². The van der Waals surface area contributed by atoms with Crippen LogP contribution in [0.3, 0.4) is 0 Å². The molecule has 2 aliphatic rings. The Hall–Kier alpha value is -1.42. The van der Waals surface area contributed by atoms with Crippen LogP contribution < -0.4 is 5.73 Å². The molecule has 19 heavy (non-hydrogen) atoms. The minimum Gasteiger partial charge on any atom is -0.328 e. The number of aromatic nitrogens is 2. The number of hydrogen-bond acceptors (Lipinski definition) is 2. The highest BCUT2D eigenvalue weighted by atomic mass is 19.1. The van der Waals surface area contributed by atoms with Crippen LogP contribution in [0, 0.1) is 5.82 Å². The van der Waals surface area contributed by atoms with Crippen molar-refractivity contribution in [2.75, 3.05) is 0 Å². The quantitative estimate of drug-likeness (QED) is 0.900. The summed E-state index contributed by atoms with van der Waals surface area (Å²) in [5.41, 5.74) is 7.51. The lowest BCUT2D eigenvalue weighted by Crippen LogP contribution is -2.15. The van der Waals surface area contributed by atoms with Gasteiger partial charge >= 0.3 is 0 Å². The van der Waals surface area contributed by atoms with Gasteiger partial charge in [-0.15, -0.1) is 0 Å². The van der Waals surface area contributed by atoms with Crippen LogP contribution in [0.5, 0.6) is 0 Å². The Kier molecular flexibility index (Phi) is 2.42. The Morgan fingerprint density at radius 3 is 2.74 bits per heavy atom. The number of nitrogens with zero attached hydrogens (tertiary/aromatic N) is 2. The molecule has 0 unspecified atom stereocenters. The van der Waals surface area contributed by atoms with E-state index in [1.165, 1.54) is 18.9 Å². The van der Waals surface area contributed by atoms with Crippen molar-refractivity contribution in [2.45, 2.75) is 50.1 Å². The largest absolute Gasteiger partial charge is 0.328 e. The molecule has 1 aromatic heterocycles. The molecular formula is C15H18FN3. The predicted molar refractivity (Wildman–Crippen MR) is 72.5 cm³/mol. The molecule has 1 heterocycles. The standard InChI is InChI=1S/C15H18FN3/c16-12-2-1-3-13-14(12)18-15(19(13)11-6-7-11)9-4-5-10(17)8-9/h1-3,9-11H,4-8,17H2/t9-,10+/m1/s1. The van der Waals surface area contributed by atoms with Gasteiger partial charge in [-0.05, 0) is 44.2 Å². The molecule has 0 amide bonds. The molecular weight excluding hydrogens is 241 g/mol. The smallest absolute Gasteiger partial charge is 0.151 e. The lowest BCUT2D eigenvalue weighted by molar-refractivity contribution is 0.591. The second-order valence-electron chi connectivity index (χ2n) is 5.95. The van der Waals surface area contributed by atoms with Gasteiger partial charge in [-0.3, -0.25) is 0 Å². The Bertz CT molecular complexity index is 630. The van der Waals surface area contributed by atoms with E-state index in [-0.39, 0.29) is 11.9 Å². The topological polar surface area (TPSA) is 43.8 Å². The van der Waals surface area contributed by atoms with Crippen molar-refractivity contribution in [1.82, 2.24) is 9.55 Å². The average Bonchev–Trinajstić information content (AvgIpc) is 3.01. The van der Waals surface area contributed by atoms with E-state index >= 15 is 0 Å². The number of benzene rings is 1. The van der Waals surface area contributed by atoms with E-state index in [9.17, 15) is 4.39 Å². The molecule has 2 saturated carbocycles. The van der Waals surface area contributed by atoms with Crippen LogP contribution in [-0.2, 0) is 0 Å². The van der Waals surface area contributed by atoms with Crippen LogP contribution in [0.2, 0.25) is 0 Å². The fraction of sp³-hybridized carbons (Fsp3) is 0.533. The van der Waals surface area contributed by atoms with Gasteiger partial charge in [-0.25, -0.2) is 9.37 Å². The van der Waals surface area contributed by atoms with E-state index in [4.69, 9.17) is 5.73 Å². The third-order valence-electron chi connectivity index (χ3n) is 4.45. The summed E-state index contributed by atoms with van der Waals surface area (Å²) in [5.74, 6) is 1.26. The molecule has 2 aromatic rings. The maximum Gasteiger partial charge on any atom is 0.151 e. The van der Waals surface area contributed by atoms with Crippen molar-refractivity contribution in [2.24, 2.45) is 5.73 Å². The van der Waals surface area contributed by atoms with Crippen molar-refractivity contribution < 1.29 is 4.39 Å². The maximum absolute atomic E-state index is 13.9. The maximum atomic E-state index is 13.9. The van der Waals surface area contributed by atoms with E-state index in [1.807, 2.05) is 6.07 Å². The molecule has 2 atom stereocenters. The predicted octanol–water partition coefficient (Wildman–Crippen LogP) is 3.11. The summed E-state index contributed by atoms with van der Waals surface area (Å²) >= 11 is 0. The SMILES string of the molecule is N[C@H]1CC[C@@H](c2nc3c(F)cccc3n2C2CC2)C1. The zero-order valence-electron chi connectivity index (χ0n) is 10.8. The zero-order valence-corrected chi connectivity index (χ0v) is 10.8. The third kappa shape index (κ3) is 1.77. The summed E-state index contributed by atoms with van der Waals surface area (Å²) in [7, 11) is 0. The van der Waals surface area contributed by atoms with Gasteiger partial charge in [0.1, 0.15) is 11.3 Å². The summed E-state index contributed by atoms with van der Waals surface area (Å²) in [6.45, 7) is 0. The van der Waals surface area contributed by atoms with Crippen molar-refractivity contribution in [3.05, 3.63) is 29.8 Å². The van der Waals surface area contributed by atoms with Crippen LogP contribution in [0.15, 0.2) is 18.2 Å². The van der Waals surface area contributed by atoms with Crippen molar-refractivity contribution >= 4 is 11.0 Å². The molecule has 2 aliphatic carbocycles. The minimum atomic E-state index is -0.208. The summed E-state index contributed by atoms with van der Waals surface area (Å²) in [6.07, 6.45) is 5.50. The molecule has 0 radical (unpaired) electrons. The molecule has 4 heteroatoms. The van der Waals surface area contributed by atoms with E-state index in [2.05, 4.69) is 9.55 Å². The molecule has 0 spiro atoms. The van der Waals surface area contributed by atoms with Gasteiger partial charge in [0, 0.05) is 18.0 Å². The monoisotopic (exact) mass is 259 g/mol. The van der Waals surface area contributed by atoms with Gasteiger partial charge in [0.05, 0.1) is 5.52 Å². The minimum absolute atomic E-state index is 0.208. The Morgan fingerprint density at radius 1 is 1.21 bits per heavy atom. The molecule has 2 N–H and O–H groups in total. The van der Waals surface area contributed by atoms with Gasteiger partial charge in [-0.2, -0.15) is 0 Å². The highest BCUT2D eigenvalue weighted by Crippen LogP contribution is 2.43. The lowest BCUT2D eigenvalue weighted by Gasteiger charge is -2.13. The van der Waals surface area contributed by atoms with Crippen LogP contribution in [-0.4, -0.2) is 15.6 Å². The molecule has 0 aliphatic heterocycles. The number of para-hydroxylation sites is 1. The lowest BCUT2D eigenvalue weighted by atomic mass is 10.1. The Morgan fingerprint density at radius 2 is 2.05 bits per heavy atom. The van der Waals surface area contributed by atoms with Crippen LogP contribution in [0.4, 0.5) is 4.39 Å². The summed E-state index contributed by atoms with van der Waals surface area (Å²) in [6, 6.07) is 6.07. The van der Waals surface area contributed by atoms with Crippen LogP contribution in [0.25, 0.3) is 11.0 Å². The Labute approximate surface area is 111 Å². The van der Waals surface area contributed by atoms with Gasteiger partial charge < -0.3 is 10.3 Å². The normalized spacial score (nSPS) is 27.3. The first kappa shape index (κ1) is 11.4. The fourth-order valence-corrected chi connectivity index (χ4v) is 3.36. The van der Waals surface area contributed by atoms with Gasteiger partial charge in [0.2, 0.25) is 0 Å². The number of nitrogens with two attached hydrogens (primary N) is 1. The Balaban J connectivity index is 1.89. The highest BCUT2D eigenvalue weighted by Gasteiger charge is 2.34. The molecule has 1 aromatic carbocycles. The first-order chi connectivity index (χ1) is 9.24. The van der Waals surface area contributed by atoms with E-state index in [1.54, 1.807) is 6.07 Å². The number of halogens is 1. The zero-order chi connectivity index (χ0) is 13.0. The van der Waals surface area contributed by atoms with E-state index in [0.29, 0.717) is 17.5 Å². The summed E-state index contributed by atoms with van der Waals surface area (Å²) < 4.78 is 16.2.